The second-order valence-electron chi connectivity index (χ2n) is 7.77. The van der Waals surface area contributed by atoms with E-state index in [2.05, 4.69) is 38.4 Å². The molecular formula is C21H24N6O. The van der Waals surface area contributed by atoms with Crippen LogP contribution < -0.4 is 9.80 Å². The van der Waals surface area contributed by atoms with Crippen molar-refractivity contribution in [3.8, 4) is 0 Å². The number of amides is 1. The monoisotopic (exact) mass is 376 g/mol. The molecule has 1 saturated heterocycles. The van der Waals surface area contributed by atoms with E-state index < -0.39 is 0 Å². The number of fused-ring (bicyclic) bond motifs is 2. The zero-order valence-electron chi connectivity index (χ0n) is 16.1. The number of rotatable bonds is 3. The number of para-hydroxylation sites is 1. The highest BCUT2D eigenvalue weighted by atomic mass is 16.2. The lowest BCUT2D eigenvalue weighted by atomic mass is 9.93. The van der Waals surface area contributed by atoms with Crippen LogP contribution in [0.15, 0.2) is 36.4 Å². The van der Waals surface area contributed by atoms with Crippen molar-refractivity contribution in [3.05, 3.63) is 47.8 Å². The lowest BCUT2D eigenvalue weighted by Crippen LogP contribution is -2.37. The number of aryl methyl sites for hydroxylation is 1. The van der Waals surface area contributed by atoms with Gasteiger partial charge in [0.25, 0.3) is 0 Å². The van der Waals surface area contributed by atoms with Crippen LogP contribution in [0.5, 0.6) is 0 Å². The third-order valence-corrected chi connectivity index (χ3v) is 5.99. The van der Waals surface area contributed by atoms with E-state index in [9.17, 15) is 4.79 Å². The Morgan fingerprint density at radius 1 is 1.07 bits per heavy atom. The fourth-order valence-corrected chi connectivity index (χ4v) is 4.38. The average molecular weight is 376 g/mol. The van der Waals surface area contributed by atoms with Gasteiger partial charge in [-0.2, -0.15) is 4.52 Å². The van der Waals surface area contributed by atoms with Crippen molar-refractivity contribution in [3.63, 3.8) is 0 Å². The minimum absolute atomic E-state index is 0.267. The molecule has 0 radical (unpaired) electrons. The minimum Gasteiger partial charge on any atom is -0.355 e. The number of piperidine rings is 1. The Morgan fingerprint density at radius 3 is 2.75 bits per heavy atom. The van der Waals surface area contributed by atoms with Crippen LogP contribution in [0.4, 0.5) is 11.5 Å². The van der Waals surface area contributed by atoms with E-state index in [1.807, 2.05) is 30.0 Å². The first-order valence-corrected chi connectivity index (χ1v) is 10.0. The van der Waals surface area contributed by atoms with Crippen LogP contribution in [-0.4, -0.2) is 45.4 Å². The molecule has 2 aliphatic rings. The van der Waals surface area contributed by atoms with Gasteiger partial charge >= 0.3 is 0 Å². The minimum atomic E-state index is 0.267. The number of hydrogen-bond donors (Lipinski definition) is 0. The zero-order chi connectivity index (χ0) is 19.1. The number of carbonyl (C=O) groups excluding carboxylic acids is 1. The van der Waals surface area contributed by atoms with Crippen molar-refractivity contribution in [2.75, 3.05) is 29.4 Å². The van der Waals surface area contributed by atoms with E-state index in [4.69, 9.17) is 0 Å². The lowest BCUT2D eigenvalue weighted by molar-refractivity contribution is -0.119. The third-order valence-electron chi connectivity index (χ3n) is 5.99. The molecule has 0 spiro atoms. The van der Waals surface area contributed by atoms with Gasteiger partial charge in [-0.15, -0.1) is 15.3 Å². The molecule has 1 aromatic carbocycles. The maximum absolute atomic E-state index is 12.9. The number of hydrogen-bond acceptors (Lipinski definition) is 5. The Morgan fingerprint density at radius 2 is 1.89 bits per heavy atom. The first kappa shape index (κ1) is 17.2. The molecule has 1 fully saturated rings. The highest BCUT2D eigenvalue weighted by molar-refractivity contribution is 5.95. The highest BCUT2D eigenvalue weighted by Gasteiger charge is 2.28. The van der Waals surface area contributed by atoms with Gasteiger partial charge in [-0.1, -0.05) is 18.2 Å². The van der Waals surface area contributed by atoms with Crippen LogP contribution in [0.2, 0.25) is 0 Å². The molecule has 5 rings (SSSR count). The molecule has 0 aliphatic carbocycles. The average Bonchev–Trinajstić information content (AvgIpc) is 3.32. The fraction of sp³-hybridized carbons (Fsp3) is 0.429. The fourth-order valence-electron chi connectivity index (χ4n) is 4.38. The first-order chi connectivity index (χ1) is 13.7. The number of carbonyl (C=O) groups is 1. The molecule has 28 heavy (non-hydrogen) atoms. The summed E-state index contributed by atoms with van der Waals surface area (Å²) in [5, 5.41) is 12.8. The van der Waals surface area contributed by atoms with E-state index in [0.29, 0.717) is 12.3 Å². The van der Waals surface area contributed by atoms with Gasteiger partial charge in [0.2, 0.25) is 5.91 Å². The van der Waals surface area contributed by atoms with Gasteiger partial charge in [0, 0.05) is 31.7 Å². The van der Waals surface area contributed by atoms with Crippen molar-refractivity contribution >= 4 is 23.1 Å². The quantitative estimate of drug-likeness (QED) is 0.703. The van der Waals surface area contributed by atoms with Gasteiger partial charge in [0.05, 0.1) is 0 Å². The van der Waals surface area contributed by atoms with E-state index >= 15 is 0 Å². The van der Waals surface area contributed by atoms with Crippen LogP contribution in [-0.2, 0) is 11.2 Å². The number of aromatic nitrogens is 4. The summed E-state index contributed by atoms with van der Waals surface area (Å²) >= 11 is 0. The van der Waals surface area contributed by atoms with Crippen molar-refractivity contribution < 1.29 is 4.79 Å². The second kappa shape index (κ2) is 6.89. The molecular weight excluding hydrogens is 352 g/mol. The summed E-state index contributed by atoms with van der Waals surface area (Å²) < 4.78 is 1.79. The number of nitrogens with zero attached hydrogens (tertiary/aromatic N) is 6. The molecule has 144 valence electrons. The largest absolute Gasteiger partial charge is 0.355 e. The molecule has 4 heterocycles. The Balaban J connectivity index is 1.21. The summed E-state index contributed by atoms with van der Waals surface area (Å²) in [5.74, 6) is 2.46. The van der Waals surface area contributed by atoms with Gasteiger partial charge in [-0.25, -0.2) is 0 Å². The summed E-state index contributed by atoms with van der Waals surface area (Å²) in [5.41, 5.74) is 3.16. The van der Waals surface area contributed by atoms with Crippen molar-refractivity contribution in [2.45, 2.75) is 32.6 Å². The van der Waals surface area contributed by atoms with Crippen molar-refractivity contribution in [1.29, 1.82) is 0 Å². The predicted octanol–water partition coefficient (Wildman–Crippen LogP) is 2.63. The van der Waals surface area contributed by atoms with Crippen LogP contribution >= 0.6 is 0 Å². The second-order valence-corrected chi connectivity index (χ2v) is 7.77. The Hall–Kier alpha value is -2.96. The molecule has 1 amide bonds. The van der Waals surface area contributed by atoms with Crippen LogP contribution in [0.1, 0.15) is 30.7 Å². The van der Waals surface area contributed by atoms with E-state index in [1.165, 1.54) is 5.56 Å². The van der Waals surface area contributed by atoms with E-state index in [0.717, 1.165) is 61.9 Å². The van der Waals surface area contributed by atoms with Crippen LogP contribution in [0.25, 0.3) is 5.65 Å². The Kier molecular flexibility index (Phi) is 4.22. The lowest BCUT2D eigenvalue weighted by Gasteiger charge is -2.33. The number of benzene rings is 1. The Labute approximate surface area is 164 Å². The van der Waals surface area contributed by atoms with Crippen molar-refractivity contribution in [2.24, 2.45) is 5.92 Å². The molecule has 0 unspecified atom stereocenters. The first-order valence-electron chi connectivity index (χ1n) is 10.0. The standard InChI is InChI=1S/C21H24N6O/c1-15-22-23-19-6-7-20(24-27(15)19)25-11-8-16(9-12-25)14-21(28)26-13-10-17-4-2-3-5-18(17)26/h2-7,16H,8-14H2,1H3. The SMILES string of the molecule is Cc1nnc2ccc(N3CCC(CC(=O)N4CCc5ccccc54)CC3)nn12. The van der Waals surface area contributed by atoms with E-state index in [-0.39, 0.29) is 5.91 Å². The third kappa shape index (κ3) is 3.00. The van der Waals surface area contributed by atoms with Gasteiger partial charge in [0.15, 0.2) is 11.5 Å². The van der Waals surface area contributed by atoms with Gasteiger partial charge in [0.1, 0.15) is 5.82 Å². The summed E-state index contributed by atoms with van der Waals surface area (Å²) in [6.45, 7) is 4.58. The van der Waals surface area contributed by atoms with Gasteiger partial charge < -0.3 is 9.80 Å². The van der Waals surface area contributed by atoms with Crippen LogP contribution in [0.3, 0.4) is 0 Å². The van der Waals surface area contributed by atoms with Crippen molar-refractivity contribution in [1.82, 2.24) is 19.8 Å². The maximum Gasteiger partial charge on any atom is 0.227 e. The smallest absolute Gasteiger partial charge is 0.227 e. The molecule has 0 saturated carbocycles. The Bertz CT molecular complexity index is 1020. The molecule has 0 N–H and O–H groups in total. The molecule has 0 bridgehead atoms. The summed E-state index contributed by atoms with van der Waals surface area (Å²) in [4.78, 5) is 17.1. The van der Waals surface area contributed by atoms with Gasteiger partial charge in [-0.05, 0) is 55.9 Å². The normalized spacial score (nSPS) is 17.3. The highest BCUT2D eigenvalue weighted by Crippen LogP contribution is 2.30. The molecule has 7 nitrogen and oxygen atoms in total. The van der Waals surface area contributed by atoms with E-state index in [1.54, 1.807) is 4.52 Å². The molecule has 0 atom stereocenters. The molecule has 7 heteroatoms. The molecule has 2 aliphatic heterocycles. The zero-order valence-corrected chi connectivity index (χ0v) is 16.1. The maximum atomic E-state index is 12.9. The number of anilines is 2. The molecule has 2 aromatic heterocycles. The summed E-state index contributed by atoms with van der Waals surface area (Å²) in [7, 11) is 0. The van der Waals surface area contributed by atoms with Crippen LogP contribution in [0, 0.1) is 12.8 Å². The van der Waals surface area contributed by atoms with Gasteiger partial charge in [-0.3, -0.25) is 4.79 Å². The predicted molar refractivity (Wildman–Crippen MR) is 108 cm³/mol. The topological polar surface area (TPSA) is 66.6 Å². The summed E-state index contributed by atoms with van der Waals surface area (Å²) in [6, 6.07) is 12.2. The molecule has 3 aromatic rings. The summed E-state index contributed by atoms with van der Waals surface area (Å²) in [6.07, 6.45) is 3.64.